The Bertz CT molecular complexity index is 747. The molecule has 1 N–H and O–H groups in total. The summed E-state index contributed by atoms with van der Waals surface area (Å²) >= 11 is 3.41. The monoisotopic (exact) mass is 451 g/mol. The Balaban J connectivity index is 0.000000336. The van der Waals surface area contributed by atoms with E-state index in [1.165, 1.54) is 12.1 Å². The Morgan fingerprint density at radius 3 is 2.29 bits per heavy atom. The first-order valence-electron chi connectivity index (χ1n) is 9.31. The number of ether oxygens (including phenoxy) is 1. The molecule has 28 heavy (non-hydrogen) atoms. The van der Waals surface area contributed by atoms with Crippen LogP contribution in [0.5, 0.6) is 0 Å². The predicted octanol–water partition coefficient (Wildman–Crippen LogP) is 5.71. The first-order valence-corrected chi connectivity index (χ1v) is 10.1. The van der Waals surface area contributed by atoms with Crippen molar-refractivity contribution in [3.63, 3.8) is 0 Å². The molecule has 0 saturated carbocycles. The zero-order valence-electron chi connectivity index (χ0n) is 16.4. The van der Waals surface area contributed by atoms with E-state index in [4.69, 9.17) is 4.74 Å². The van der Waals surface area contributed by atoms with Crippen molar-refractivity contribution in [2.75, 3.05) is 6.54 Å². The fourth-order valence-corrected chi connectivity index (χ4v) is 3.30. The number of benzene rings is 2. The van der Waals surface area contributed by atoms with Crippen LogP contribution in [0.3, 0.4) is 0 Å². The molecule has 4 nitrogen and oxygen atoms in total. The normalized spacial score (nSPS) is 18.0. The summed E-state index contributed by atoms with van der Waals surface area (Å²) in [5.74, 6) is -0.178. The summed E-state index contributed by atoms with van der Waals surface area (Å²) in [6.45, 7) is 6.12. The third-order valence-corrected chi connectivity index (χ3v) is 5.00. The number of hydrogen-bond acceptors (Lipinski definition) is 3. The van der Waals surface area contributed by atoms with Crippen LogP contribution in [-0.4, -0.2) is 34.3 Å². The van der Waals surface area contributed by atoms with Crippen molar-refractivity contribution in [1.29, 1.82) is 0 Å². The van der Waals surface area contributed by atoms with Crippen LogP contribution in [0.4, 0.5) is 9.18 Å². The summed E-state index contributed by atoms with van der Waals surface area (Å²) in [4.78, 5) is 13.9. The molecule has 1 aliphatic heterocycles. The highest BCUT2D eigenvalue weighted by atomic mass is 79.9. The second-order valence-corrected chi connectivity index (χ2v) is 8.44. The zero-order valence-corrected chi connectivity index (χ0v) is 18.0. The first-order chi connectivity index (χ1) is 13.2. The predicted molar refractivity (Wildman–Crippen MR) is 111 cm³/mol. The molecular formula is C22H27BrFNO3. The van der Waals surface area contributed by atoms with E-state index in [0.29, 0.717) is 13.0 Å². The third kappa shape index (κ3) is 7.24. The molecule has 3 rings (SSSR count). The molecule has 2 atom stereocenters. The number of hydrogen-bond donors (Lipinski definition) is 1. The van der Waals surface area contributed by atoms with Gasteiger partial charge in [0.05, 0.1) is 11.6 Å². The third-order valence-electron chi connectivity index (χ3n) is 4.47. The summed E-state index contributed by atoms with van der Waals surface area (Å²) in [6, 6.07) is 15.9. The van der Waals surface area contributed by atoms with Gasteiger partial charge in [0.2, 0.25) is 0 Å². The van der Waals surface area contributed by atoms with Crippen molar-refractivity contribution in [3.8, 4) is 0 Å². The van der Waals surface area contributed by atoms with E-state index in [2.05, 4.69) is 15.9 Å². The second-order valence-electron chi connectivity index (χ2n) is 7.53. The standard InChI is InChI=1S/C16H22BrNO3.C6H5F/c1-11(12-4-6-13(17)7-5-12)18-9-8-14(21-15(18)19)10-16(2,3)20;7-6-4-2-1-3-5-6/h4-7,11,14,20H,8-10H2,1-3H3;1-5H. The van der Waals surface area contributed by atoms with Crippen LogP contribution in [0.15, 0.2) is 59.1 Å². The van der Waals surface area contributed by atoms with Gasteiger partial charge in [-0.15, -0.1) is 0 Å². The van der Waals surface area contributed by atoms with Gasteiger partial charge in [0.25, 0.3) is 0 Å². The lowest BCUT2D eigenvalue weighted by atomic mass is 9.97. The van der Waals surface area contributed by atoms with E-state index in [0.717, 1.165) is 16.5 Å². The van der Waals surface area contributed by atoms with E-state index >= 15 is 0 Å². The van der Waals surface area contributed by atoms with E-state index in [9.17, 15) is 14.3 Å². The molecular weight excluding hydrogens is 425 g/mol. The van der Waals surface area contributed by atoms with Crippen molar-refractivity contribution in [1.82, 2.24) is 4.90 Å². The Kier molecular flexibility index (Phi) is 8.01. The van der Waals surface area contributed by atoms with Gasteiger partial charge in [-0.05, 0) is 50.6 Å². The van der Waals surface area contributed by atoms with Crippen LogP contribution in [0, 0.1) is 5.82 Å². The second kappa shape index (κ2) is 10.0. The van der Waals surface area contributed by atoms with Crippen LogP contribution in [0.1, 0.15) is 45.2 Å². The van der Waals surface area contributed by atoms with Gasteiger partial charge in [-0.1, -0.05) is 46.3 Å². The average Bonchev–Trinajstić information content (AvgIpc) is 2.62. The van der Waals surface area contributed by atoms with Crippen LogP contribution in [0.25, 0.3) is 0 Å². The Morgan fingerprint density at radius 2 is 1.82 bits per heavy atom. The molecule has 1 heterocycles. The summed E-state index contributed by atoms with van der Waals surface area (Å²) < 4.78 is 18.4. The summed E-state index contributed by atoms with van der Waals surface area (Å²) in [6.07, 6.45) is 0.715. The lowest BCUT2D eigenvalue weighted by Gasteiger charge is -2.37. The molecule has 0 bridgehead atoms. The molecule has 152 valence electrons. The van der Waals surface area contributed by atoms with E-state index in [1.54, 1.807) is 36.9 Å². The minimum atomic E-state index is -0.815. The van der Waals surface area contributed by atoms with E-state index < -0.39 is 5.60 Å². The van der Waals surface area contributed by atoms with Crippen LogP contribution < -0.4 is 0 Å². The summed E-state index contributed by atoms with van der Waals surface area (Å²) in [5, 5.41) is 9.83. The van der Waals surface area contributed by atoms with Gasteiger partial charge in [0, 0.05) is 23.9 Å². The summed E-state index contributed by atoms with van der Waals surface area (Å²) in [5.41, 5.74) is 0.265. The number of cyclic esters (lactones) is 1. The molecule has 2 aromatic carbocycles. The molecule has 0 spiro atoms. The van der Waals surface area contributed by atoms with Crippen molar-refractivity contribution < 1.29 is 19.0 Å². The molecule has 1 fully saturated rings. The van der Waals surface area contributed by atoms with Gasteiger partial charge in [0.1, 0.15) is 11.9 Å². The zero-order chi connectivity index (χ0) is 20.7. The topological polar surface area (TPSA) is 49.8 Å². The maximum Gasteiger partial charge on any atom is 0.410 e. The van der Waals surface area contributed by atoms with Crippen LogP contribution in [0.2, 0.25) is 0 Å². The van der Waals surface area contributed by atoms with E-state index in [1.807, 2.05) is 31.2 Å². The maximum absolute atomic E-state index is 12.2. The number of aliphatic hydroxyl groups is 1. The Labute approximate surface area is 174 Å². The molecule has 1 aliphatic rings. The quantitative estimate of drug-likeness (QED) is 0.647. The van der Waals surface area contributed by atoms with Gasteiger partial charge in [-0.2, -0.15) is 0 Å². The van der Waals surface area contributed by atoms with E-state index in [-0.39, 0.29) is 24.1 Å². The van der Waals surface area contributed by atoms with Crippen molar-refractivity contribution in [2.24, 2.45) is 0 Å². The first kappa shape index (κ1) is 22.4. The van der Waals surface area contributed by atoms with Gasteiger partial charge in [-0.25, -0.2) is 9.18 Å². The Morgan fingerprint density at radius 1 is 1.21 bits per heavy atom. The molecule has 2 unspecified atom stereocenters. The lowest BCUT2D eigenvalue weighted by molar-refractivity contribution is -0.0309. The van der Waals surface area contributed by atoms with Crippen molar-refractivity contribution in [3.05, 3.63) is 70.5 Å². The SMILES string of the molecule is CC(c1ccc(Br)cc1)N1CCC(CC(C)(C)O)OC1=O.Fc1ccccc1. The minimum Gasteiger partial charge on any atom is -0.446 e. The fraction of sp³-hybridized carbons (Fsp3) is 0.409. The van der Waals surface area contributed by atoms with Crippen LogP contribution >= 0.6 is 15.9 Å². The molecule has 2 aromatic rings. The largest absolute Gasteiger partial charge is 0.446 e. The van der Waals surface area contributed by atoms with Crippen molar-refractivity contribution >= 4 is 22.0 Å². The number of carbonyl (C=O) groups is 1. The van der Waals surface area contributed by atoms with Gasteiger partial charge < -0.3 is 14.7 Å². The van der Waals surface area contributed by atoms with Crippen LogP contribution in [-0.2, 0) is 4.74 Å². The number of rotatable bonds is 4. The average molecular weight is 452 g/mol. The molecule has 0 aliphatic carbocycles. The summed E-state index contributed by atoms with van der Waals surface area (Å²) in [7, 11) is 0. The smallest absolute Gasteiger partial charge is 0.410 e. The number of amides is 1. The fourth-order valence-electron chi connectivity index (χ4n) is 3.03. The van der Waals surface area contributed by atoms with Gasteiger partial charge in [0.15, 0.2) is 0 Å². The molecule has 1 amide bonds. The molecule has 0 radical (unpaired) electrons. The van der Waals surface area contributed by atoms with Crippen molar-refractivity contribution in [2.45, 2.75) is 51.4 Å². The highest BCUT2D eigenvalue weighted by molar-refractivity contribution is 9.10. The van der Waals surface area contributed by atoms with Gasteiger partial charge in [-0.3, -0.25) is 0 Å². The number of carbonyl (C=O) groups excluding carboxylic acids is 1. The number of halogens is 2. The number of nitrogens with zero attached hydrogens (tertiary/aromatic N) is 1. The lowest BCUT2D eigenvalue weighted by Crippen LogP contribution is -2.45. The van der Waals surface area contributed by atoms with Gasteiger partial charge >= 0.3 is 6.09 Å². The minimum absolute atomic E-state index is 0.0197. The highest BCUT2D eigenvalue weighted by Gasteiger charge is 2.33. The highest BCUT2D eigenvalue weighted by Crippen LogP contribution is 2.28. The molecule has 6 heteroatoms. The Hall–Kier alpha value is -1.92. The maximum atomic E-state index is 12.2. The molecule has 1 saturated heterocycles. The molecule has 0 aromatic heterocycles.